The first kappa shape index (κ1) is 13.8. The van der Waals surface area contributed by atoms with E-state index in [9.17, 15) is 26.3 Å². The summed E-state index contributed by atoms with van der Waals surface area (Å²) in [7, 11) is 0. The summed E-state index contributed by atoms with van der Waals surface area (Å²) in [6.45, 7) is 0. The Morgan fingerprint density at radius 1 is 0.882 bits per heavy atom. The van der Waals surface area contributed by atoms with Crippen molar-refractivity contribution in [3.05, 3.63) is 29.3 Å². The molecule has 1 aromatic carbocycles. The molecule has 0 aliphatic heterocycles. The maximum Gasteiger partial charge on any atom is 0.416 e. The molecule has 0 aromatic heterocycles. The lowest BCUT2D eigenvalue weighted by molar-refractivity contribution is -0.143. The topological polar surface area (TPSA) is 12.0 Å². The van der Waals surface area contributed by atoms with E-state index >= 15 is 0 Å². The second kappa shape index (κ2) is 4.52. The van der Waals surface area contributed by atoms with E-state index in [0.717, 1.165) is 5.49 Å². The van der Waals surface area contributed by atoms with Crippen molar-refractivity contribution in [2.75, 3.05) is 5.32 Å². The van der Waals surface area contributed by atoms with Crippen LogP contribution < -0.4 is 5.32 Å². The minimum Gasteiger partial charge on any atom is -0.353 e. The van der Waals surface area contributed by atoms with Crippen LogP contribution in [0.3, 0.4) is 0 Å². The Bertz CT molecular complexity index is 390. The number of hydrogen-bond donors (Lipinski definition) is 1. The van der Waals surface area contributed by atoms with Crippen molar-refractivity contribution < 1.29 is 26.3 Å². The van der Waals surface area contributed by atoms with E-state index in [2.05, 4.69) is 17.5 Å². The minimum atomic E-state index is -4.85. The molecule has 0 amide bonds. The minimum absolute atomic E-state index is 0.0502. The Hall–Kier alpha value is -1.31. The molecule has 0 bridgehead atoms. The fourth-order valence-corrected chi connectivity index (χ4v) is 1.24. The highest BCUT2D eigenvalue weighted by Crippen LogP contribution is 2.37. The molecule has 1 rings (SSSR count). The third-order valence-electron chi connectivity index (χ3n) is 1.81. The molecule has 17 heavy (non-hydrogen) atoms. The monoisotopic (exact) mass is 273 g/mol. The van der Waals surface area contributed by atoms with Gasteiger partial charge in [-0.05, 0) is 18.2 Å². The number of anilines is 1. The van der Waals surface area contributed by atoms with Crippen molar-refractivity contribution in [1.29, 1.82) is 0 Å². The van der Waals surface area contributed by atoms with Crippen molar-refractivity contribution in [2.45, 2.75) is 12.4 Å². The Kier molecular flexibility index (Phi) is 3.65. The van der Waals surface area contributed by atoms with Crippen molar-refractivity contribution in [1.82, 2.24) is 0 Å². The summed E-state index contributed by atoms with van der Waals surface area (Å²) < 4.78 is 74.1. The Morgan fingerprint density at radius 3 is 1.59 bits per heavy atom. The lowest BCUT2D eigenvalue weighted by atomic mass is 10.1. The first-order valence-electron chi connectivity index (χ1n) is 4.14. The van der Waals surface area contributed by atoms with Crippen LogP contribution in [0.25, 0.3) is 0 Å². The molecule has 0 fully saturated rings. The molecule has 1 aromatic rings. The maximum absolute atomic E-state index is 12.3. The summed E-state index contributed by atoms with van der Waals surface area (Å²) in [5.41, 5.74) is -2.30. The normalized spacial score (nSPS) is 12.4. The molecule has 0 radical (unpaired) electrons. The lowest BCUT2D eigenvalue weighted by Crippen LogP contribution is -2.11. The fraction of sp³-hybridized carbons (Fsp3) is 0.222. The molecule has 0 spiro atoms. The van der Waals surface area contributed by atoms with Crippen LogP contribution in [0.5, 0.6) is 0 Å². The molecule has 0 unspecified atom stereocenters. The van der Waals surface area contributed by atoms with Gasteiger partial charge in [0.15, 0.2) is 0 Å². The van der Waals surface area contributed by atoms with E-state index in [0.29, 0.717) is 12.1 Å². The first-order valence-corrected chi connectivity index (χ1v) is 4.61. The predicted octanol–water partition coefficient (Wildman–Crippen LogP) is 4.09. The highest BCUT2D eigenvalue weighted by atomic mass is 32.1. The Balaban J connectivity index is 3.34. The van der Waals surface area contributed by atoms with Gasteiger partial charge in [0, 0.05) is 5.69 Å². The van der Waals surface area contributed by atoms with Crippen LogP contribution in [0.2, 0.25) is 0 Å². The number of thiocarbonyl (C=S) groups is 1. The molecular weight excluding hydrogens is 268 g/mol. The van der Waals surface area contributed by atoms with E-state index in [-0.39, 0.29) is 11.8 Å². The number of halogens is 6. The molecule has 8 heteroatoms. The molecule has 1 N–H and O–H groups in total. The quantitative estimate of drug-likeness (QED) is 0.643. The van der Waals surface area contributed by atoms with E-state index in [4.69, 9.17) is 0 Å². The zero-order chi connectivity index (χ0) is 13.3. The molecule has 1 nitrogen and oxygen atoms in total. The van der Waals surface area contributed by atoms with E-state index in [1.165, 1.54) is 0 Å². The molecule has 0 saturated heterocycles. The summed E-state index contributed by atoms with van der Waals surface area (Å²) in [6, 6.07) is 1.16. The molecule has 0 heterocycles. The molecule has 94 valence electrons. The van der Waals surface area contributed by atoms with Crippen LogP contribution in [-0.4, -0.2) is 5.49 Å². The fourth-order valence-electron chi connectivity index (χ4n) is 1.11. The Labute approximate surface area is 97.4 Å². The smallest absolute Gasteiger partial charge is 0.353 e. The van der Waals surface area contributed by atoms with Crippen LogP contribution in [0, 0.1) is 0 Å². The van der Waals surface area contributed by atoms with Gasteiger partial charge < -0.3 is 5.32 Å². The zero-order valence-electron chi connectivity index (χ0n) is 7.99. The molecule has 0 aliphatic carbocycles. The maximum atomic E-state index is 12.3. The molecular formula is C9H5F6NS. The number of rotatable bonds is 2. The molecule has 0 saturated carbocycles. The van der Waals surface area contributed by atoms with Gasteiger partial charge in [0.25, 0.3) is 0 Å². The van der Waals surface area contributed by atoms with Gasteiger partial charge in [-0.3, -0.25) is 0 Å². The van der Waals surface area contributed by atoms with E-state index in [1.807, 2.05) is 0 Å². The molecule has 0 aliphatic rings. The summed E-state index contributed by atoms with van der Waals surface area (Å²) in [6.07, 6.45) is -9.70. The van der Waals surface area contributed by atoms with Crippen molar-refractivity contribution >= 4 is 23.4 Å². The van der Waals surface area contributed by atoms with Gasteiger partial charge in [-0.15, -0.1) is 0 Å². The van der Waals surface area contributed by atoms with Gasteiger partial charge in [0.1, 0.15) is 0 Å². The van der Waals surface area contributed by atoms with Crippen molar-refractivity contribution in [3.8, 4) is 0 Å². The van der Waals surface area contributed by atoms with Crippen molar-refractivity contribution in [3.63, 3.8) is 0 Å². The second-order valence-corrected chi connectivity index (χ2v) is 3.29. The SMILES string of the molecule is FC(F)(F)c1cc(NC=S)cc(C(F)(F)F)c1. The van der Waals surface area contributed by atoms with Crippen LogP contribution in [0.15, 0.2) is 18.2 Å². The number of nitrogens with one attached hydrogen (secondary N) is 1. The standard InChI is InChI=1S/C9H5F6NS/c10-8(11,12)5-1-6(9(13,14)15)3-7(2-5)16-4-17/h1-4H,(H,16,17). The predicted molar refractivity (Wildman–Crippen MR) is 53.7 cm³/mol. The van der Waals surface area contributed by atoms with Crippen LogP contribution in [-0.2, 0) is 12.4 Å². The van der Waals surface area contributed by atoms with Crippen LogP contribution in [0.4, 0.5) is 32.0 Å². The highest BCUT2D eigenvalue weighted by Gasteiger charge is 2.36. The number of hydrogen-bond acceptors (Lipinski definition) is 1. The third kappa shape index (κ3) is 3.58. The summed E-state index contributed by atoms with van der Waals surface area (Å²) in [4.78, 5) is 0. The van der Waals surface area contributed by atoms with E-state index in [1.54, 1.807) is 0 Å². The van der Waals surface area contributed by atoms with Gasteiger partial charge in [0.2, 0.25) is 0 Å². The lowest BCUT2D eigenvalue weighted by Gasteiger charge is -2.13. The van der Waals surface area contributed by atoms with E-state index < -0.39 is 23.5 Å². The van der Waals surface area contributed by atoms with Gasteiger partial charge in [-0.2, -0.15) is 26.3 Å². The van der Waals surface area contributed by atoms with Gasteiger partial charge in [-0.1, -0.05) is 12.2 Å². The van der Waals surface area contributed by atoms with Crippen LogP contribution >= 0.6 is 12.2 Å². The zero-order valence-corrected chi connectivity index (χ0v) is 8.80. The number of alkyl halides is 6. The van der Waals surface area contributed by atoms with Crippen LogP contribution in [0.1, 0.15) is 11.1 Å². The summed E-state index contributed by atoms with van der Waals surface area (Å²) in [5, 5.41) is 2.12. The highest BCUT2D eigenvalue weighted by molar-refractivity contribution is 7.79. The second-order valence-electron chi connectivity index (χ2n) is 3.06. The largest absolute Gasteiger partial charge is 0.416 e. The molecule has 0 atom stereocenters. The van der Waals surface area contributed by atoms with Gasteiger partial charge >= 0.3 is 12.4 Å². The average Bonchev–Trinajstić information content (AvgIpc) is 2.15. The third-order valence-corrected chi connectivity index (χ3v) is 1.93. The number of benzene rings is 1. The summed E-state index contributed by atoms with van der Waals surface area (Å²) in [5.74, 6) is 0. The van der Waals surface area contributed by atoms with Gasteiger partial charge in [-0.25, -0.2) is 0 Å². The van der Waals surface area contributed by atoms with Gasteiger partial charge in [0.05, 0.1) is 16.6 Å². The summed E-state index contributed by atoms with van der Waals surface area (Å²) >= 11 is 4.31. The Morgan fingerprint density at radius 2 is 1.29 bits per heavy atom. The van der Waals surface area contributed by atoms with Crippen molar-refractivity contribution in [2.24, 2.45) is 0 Å². The average molecular weight is 273 g/mol. The first-order chi connectivity index (χ1) is 7.64.